The lowest BCUT2D eigenvalue weighted by Crippen LogP contribution is -2.36. The van der Waals surface area contributed by atoms with E-state index in [2.05, 4.69) is 10.6 Å². The first-order chi connectivity index (χ1) is 9.01. The number of methoxy groups -OCH3 is 1. The van der Waals surface area contributed by atoms with E-state index < -0.39 is 6.04 Å². The summed E-state index contributed by atoms with van der Waals surface area (Å²) in [6.07, 6.45) is 0. The minimum absolute atomic E-state index is 0.118. The Labute approximate surface area is 113 Å². The zero-order valence-electron chi connectivity index (χ0n) is 11.8. The highest BCUT2D eigenvalue weighted by Gasteiger charge is 2.20. The van der Waals surface area contributed by atoms with Crippen molar-refractivity contribution in [3.63, 3.8) is 0 Å². The van der Waals surface area contributed by atoms with Gasteiger partial charge < -0.3 is 15.4 Å². The molecule has 0 aliphatic rings. The molecule has 0 radical (unpaired) electrons. The van der Waals surface area contributed by atoms with Crippen LogP contribution in [0.2, 0.25) is 0 Å². The van der Waals surface area contributed by atoms with Crippen LogP contribution in [0.15, 0.2) is 18.2 Å². The second-order valence-electron chi connectivity index (χ2n) is 4.54. The fourth-order valence-electron chi connectivity index (χ4n) is 1.94. The van der Waals surface area contributed by atoms with Gasteiger partial charge in [-0.1, -0.05) is 13.0 Å². The summed E-state index contributed by atoms with van der Waals surface area (Å²) in [5.41, 5.74) is 0.370. The number of carbonyl (C=O) groups excluding carboxylic acids is 1. The van der Waals surface area contributed by atoms with Crippen LogP contribution in [-0.4, -0.2) is 26.6 Å². The molecular formula is C14H21FN2O2. The number of halogens is 1. The van der Waals surface area contributed by atoms with Gasteiger partial charge >= 0.3 is 0 Å². The lowest BCUT2D eigenvalue weighted by atomic mass is 10.0. The molecule has 2 atom stereocenters. The Morgan fingerprint density at radius 2 is 2.11 bits per heavy atom. The molecule has 0 saturated carbocycles. The summed E-state index contributed by atoms with van der Waals surface area (Å²) in [6.45, 7) is 4.13. The molecule has 0 aliphatic carbocycles. The monoisotopic (exact) mass is 268 g/mol. The Morgan fingerprint density at radius 1 is 1.42 bits per heavy atom. The largest absolute Gasteiger partial charge is 0.496 e. The molecule has 0 bridgehead atoms. The van der Waals surface area contributed by atoms with Crippen LogP contribution < -0.4 is 15.4 Å². The van der Waals surface area contributed by atoms with Crippen LogP contribution in [0.5, 0.6) is 5.75 Å². The van der Waals surface area contributed by atoms with Crippen molar-refractivity contribution in [2.24, 2.45) is 5.92 Å². The van der Waals surface area contributed by atoms with Gasteiger partial charge in [0, 0.05) is 12.5 Å². The SMILES string of the molecule is CNCC(C)C(=O)NC(C)c1c(F)cccc1OC. The van der Waals surface area contributed by atoms with Gasteiger partial charge in [-0.3, -0.25) is 4.79 Å². The van der Waals surface area contributed by atoms with Gasteiger partial charge in [-0.05, 0) is 26.1 Å². The van der Waals surface area contributed by atoms with E-state index in [1.807, 2.05) is 6.92 Å². The number of rotatable bonds is 6. The van der Waals surface area contributed by atoms with E-state index in [1.165, 1.54) is 13.2 Å². The van der Waals surface area contributed by atoms with Crippen LogP contribution in [0.3, 0.4) is 0 Å². The number of amides is 1. The number of nitrogens with one attached hydrogen (secondary N) is 2. The minimum atomic E-state index is -0.442. The van der Waals surface area contributed by atoms with Gasteiger partial charge in [0.1, 0.15) is 11.6 Å². The fourth-order valence-corrected chi connectivity index (χ4v) is 1.94. The van der Waals surface area contributed by atoms with Gasteiger partial charge in [0.15, 0.2) is 0 Å². The standard InChI is InChI=1S/C14H21FN2O2/c1-9(8-16-3)14(18)17-10(2)13-11(15)6-5-7-12(13)19-4/h5-7,9-10,16H,8H2,1-4H3,(H,17,18). The predicted octanol–water partition coefficient (Wildman–Crippen LogP) is 1.87. The Kier molecular flexibility index (Phi) is 5.76. The third-order valence-corrected chi connectivity index (χ3v) is 2.98. The van der Waals surface area contributed by atoms with Crippen LogP contribution in [0, 0.1) is 11.7 Å². The molecule has 1 rings (SSSR count). The molecule has 2 N–H and O–H groups in total. The summed E-state index contributed by atoms with van der Waals surface area (Å²) in [6, 6.07) is 4.17. The maximum absolute atomic E-state index is 13.8. The third-order valence-electron chi connectivity index (χ3n) is 2.98. The summed E-state index contributed by atoms with van der Waals surface area (Å²) in [7, 11) is 3.27. The summed E-state index contributed by atoms with van der Waals surface area (Å²) in [4.78, 5) is 11.9. The number of carbonyl (C=O) groups is 1. The van der Waals surface area contributed by atoms with E-state index >= 15 is 0 Å². The molecular weight excluding hydrogens is 247 g/mol. The molecule has 1 aromatic carbocycles. The Balaban J connectivity index is 2.83. The van der Waals surface area contributed by atoms with Crippen molar-refractivity contribution in [3.8, 4) is 5.75 Å². The molecule has 0 fully saturated rings. The van der Waals surface area contributed by atoms with Crippen molar-refractivity contribution in [1.82, 2.24) is 10.6 Å². The van der Waals surface area contributed by atoms with Gasteiger partial charge in [-0.25, -0.2) is 4.39 Å². The predicted molar refractivity (Wildman–Crippen MR) is 72.6 cm³/mol. The molecule has 0 heterocycles. The Morgan fingerprint density at radius 3 is 2.68 bits per heavy atom. The minimum Gasteiger partial charge on any atom is -0.496 e. The Hall–Kier alpha value is -1.62. The molecule has 106 valence electrons. The van der Waals surface area contributed by atoms with Crippen LogP contribution in [0.25, 0.3) is 0 Å². The molecule has 0 aromatic heterocycles. The van der Waals surface area contributed by atoms with E-state index in [4.69, 9.17) is 4.74 Å². The average molecular weight is 268 g/mol. The van der Waals surface area contributed by atoms with Crippen molar-refractivity contribution in [3.05, 3.63) is 29.6 Å². The first-order valence-corrected chi connectivity index (χ1v) is 6.28. The maximum atomic E-state index is 13.8. The highest BCUT2D eigenvalue weighted by molar-refractivity contribution is 5.79. The van der Waals surface area contributed by atoms with Crippen molar-refractivity contribution in [2.45, 2.75) is 19.9 Å². The number of benzene rings is 1. The first-order valence-electron chi connectivity index (χ1n) is 6.28. The smallest absolute Gasteiger partial charge is 0.224 e. The van der Waals surface area contributed by atoms with Gasteiger partial charge in [0.2, 0.25) is 5.91 Å². The first kappa shape index (κ1) is 15.4. The van der Waals surface area contributed by atoms with Gasteiger partial charge in [-0.2, -0.15) is 0 Å². The molecule has 1 aromatic rings. The molecule has 0 saturated heterocycles. The second-order valence-corrected chi connectivity index (χ2v) is 4.54. The maximum Gasteiger partial charge on any atom is 0.224 e. The average Bonchev–Trinajstić information content (AvgIpc) is 2.38. The van der Waals surface area contributed by atoms with Crippen LogP contribution >= 0.6 is 0 Å². The zero-order chi connectivity index (χ0) is 14.4. The van der Waals surface area contributed by atoms with Gasteiger partial charge in [-0.15, -0.1) is 0 Å². The van der Waals surface area contributed by atoms with E-state index in [1.54, 1.807) is 26.1 Å². The highest BCUT2D eigenvalue weighted by atomic mass is 19.1. The normalized spacial score (nSPS) is 13.7. The number of ether oxygens (including phenoxy) is 1. The van der Waals surface area contributed by atoms with Crippen molar-refractivity contribution in [1.29, 1.82) is 0 Å². The van der Waals surface area contributed by atoms with Crippen molar-refractivity contribution in [2.75, 3.05) is 20.7 Å². The van der Waals surface area contributed by atoms with E-state index in [9.17, 15) is 9.18 Å². The summed E-state index contributed by atoms with van der Waals surface area (Å²) >= 11 is 0. The molecule has 1 amide bonds. The van der Waals surface area contributed by atoms with E-state index in [-0.39, 0.29) is 17.6 Å². The van der Waals surface area contributed by atoms with Gasteiger partial charge in [0.25, 0.3) is 0 Å². The topological polar surface area (TPSA) is 50.4 Å². The molecule has 5 heteroatoms. The fraction of sp³-hybridized carbons (Fsp3) is 0.500. The zero-order valence-corrected chi connectivity index (χ0v) is 11.8. The third kappa shape index (κ3) is 3.92. The molecule has 0 aliphatic heterocycles. The number of hydrogen-bond acceptors (Lipinski definition) is 3. The Bertz CT molecular complexity index is 437. The molecule has 0 spiro atoms. The van der Waals surface area contributed by atoms with E-state index in [0.717, 1.165) is 0 Å². The molecule has 2 unspecified atom stereocenters. The summed E-state index contributed by atoms with van der Waals surface area (Å²) in [5, 5.41) is 5.73. The van der Waals surface area contributed by atoms with Crippen LogP contribution in [0.4, 0.5) is 4.39 Å². The lowest BCUT2D eigenvalue weighted by Gasteiger charge is -2.20. The quantitative estimate of drug-likeness (QED) is 0.828. The number of hydrogen-bond donors (Lipinski definition) is 2. The highest BCUT2D eigenvalue weighted by Crippen LogP contribution is 2.27. The van der Waals surface area contributed by atoms with Crippen molar-refractivity contribution >= 4 is 5.91 Å². The van der Waals surface area contributed by atoms with Crippen LogP contribution in [0.1, 0.15) is 25.5 Å². The summed E-state index contributed by atoms with van der Waals surface area (Å²) in [5.74, 6) is -0.236. The van der Waals surface area contributed by atoms with Gasteiger partial charge in [0.05, 0.1) is 18.7 Å². The summed E-state index contributed by atoms with van der Waals surface area (Å²) < 4.78 is 19.0. The second kappa shape index (κ2) is 7.09. The van der Waals surface area contributed by atoms with Crippen LogP contribution in [-0.2, 0) is 4.79 Å². The van der Waals surface area contributed by atoms with E-state index in [0.29, 0.717) is 17.9 Å². The lowest BCUT2D eigenvalue weighted by molar-refractivity contribution is -0.125. The van der Waals surface area contributed by atoms with Crippen molar-refractivity contribution < 1.29 is 13.9 Å². The molecule has 19 heavy (non-hydrogen) atoms. The molecule has 4 nitrogen and oxygen atoms in total.